The lowest BCUT2D eigenvalue weighted by Gasteiger charge is -2.14. The second-order valence-corrected chi connectivity index (χ2v) is 7.52. The molecule has 0 aliphatic rings. The zero-order valence-electron chi connectivity index (χ0n) is 13.1. The van der Waals surface area contributed by atoms with E-state index in [0.29, 0.717) is 6.42 Å². The summed E-state index contributed by atoms with van der Waals surface area (Å²) >= 11 is 3.31. The van der Waals surface area contributed by atoms with E-state index in [0.717, 1.165) is 33.5 Å². The number of nitrogens with one attached hydrogen (secondary N) is 1. The predicted octanol–water partition coefficient (Wildman–Crippen LogP) is 3.25. The van der Waals surface area contributed by atoms with Crippen LogP contribution >= 0.6 is 23.1 Å². The number of carbonyl (C=O) groups is 1. The van der Waals surface area contributed by atoms with E-state index in [1.165, 1.54) is 0 Å². The van der Waals surface area contributed by atoms with Crippen LogP contribution in [0.15, 0.2) is 28.0 Å². The lowest BCUT2D eigenvalue weighted by molar-refractivity contribution is -0.121. The molecule has 0 bridgehead atoms. The van der Waals surface area contributed by atoms with Gasteiger partial charge >= 0.3 is 0 Å². The molecule has 1 N–H and O–H groups in total. The van der Waals surface area contributed by atoms with Crippen molar-refractivity contribution in [2.45, 2.75) is 44.0 Å². The Kier molecular flexibility index (Phi) is 6.39. The SMILES string of the molecule is CCSc1nc(CC(=O)N[C@H](C)Cc2ncccc2C)cs1. The predicted molar refractivity (Wildman–Crippen MR) is 92.5 cm³/mol. The van der Waals surface area contributed by atoms with Gasteiger partial charge in [-0.25, -0.2) is 4.98 Å². The van der Waals surface area contributed by atoms with Crippen LogP contribution in [-0.2, 0) is 17.6 Å². The zero-order chi connectivity index (χ0) is 15.9. The van der Waals surface area contributed by atoms with Crippen molar-refractivity contribution in [2.75, 3.05) is 5.75 Å². The third-order valence-electron chi connectivity index (χ3n) is 3.16. The van der Waals surface area contributed by atoms with Gasteiger partial charge in [-0.3, -0.25) is 9.78 Å². The van der Waals surface area contributed by atoms with E-state index in [9.17, 15) is 4.79 Å². The van der Waals surface area contributed by atoms with Gasteiger partial charge in [0.2, 0.25) is 5.91 Å². The standard InChI is InChI=1S/C16H21N3OS2/c1-4-21-16-19-13(10-22-16)9-15(20)18-12(3)8-14-11(2)6-5-7-17-14/h5-7,10,12H,4,8-9H2,1-3H3,(H,18,20)/t12-/m1/s1. The second-order valence-electron chi connectivity index (χ2n) is 5.15. The molecule has 1 amide bonds. The van der Waals surface area contributed by atoms with Crippen LogP contribution in [-0.4, -0.2) is 27.7 Å². The molecule has 0 spiro atoms. The number of thioether (sulfide) groups is 1. The molecule has 0 saturated heterocycles. The fraction of sp³-hybridized carbons (Fsp3) is 0.438. The smallest absolute Gasteiger partial charge is 0.226 e. The van der Waals surface area contributed by atoms with E-state index in [1.54, 1.807) is 29.3 Å². The molecule has 0 fully saturated rings. The molecule has 2 aromatic heterocycles. The van der Waals surface area contributed by atoms with Gasteiger partial charge < -0.3 is 5.32 Å². The first-order chi connectivity index (χ1) is 10.6. The Morgan fingerprint density at radius 1 is 1.50 bits per heavy atom. The third kappa shape index (κ3) is 5.10. The molecule has 2 rings (SSSR count). The summed E-state index contributed by atoms with van der Waals surface area (Å²) in [5, 5.41) is 4.99. The van der Waals surface area contributed by atoms with Gasteiger partial charge in [0.1, 0.15) is 4.34 Å². The van der Waals surface area contributed by atoms with Crippen molar-refractivity contribution in [3.8, 4) is 0 Å². The van der Waals surface area contributed by atoms with E-state index < -0.39 is 0 Å². The van der Waals surface area contributed by atoms with Crippen LogP contribution in [0.3, 0.4) is 0 Å². The number of aryl methyl sites for hydroxylation is 1. The fourth-order valence-electron chi connectivity index (χ4n) is 2.12. The van der Waals surface area contributed by atoms with Crippen molar-refractivity contribution in [3.05, 3.63) is 40.7 Å². The van der Waals surface area contributed by atoms with Crippen molar-refractivity contribution in [2.24, 2.45) is 0 Å². The number of aromatic nitrogens is 2. The van der Waals surface area contributed by atoms with E-state index in [1.807, 2.05) is 31.4 Å². The van der Waals surface area contributed by atoms with Crippen LogP contribution in [0.4, 0.5) is 0 Å². The van der Waals surface area contributed by atoms with Crippen LogP contribution < -0.4 is 5.32 Å². The molecule has 0 radical (unpaired) electrons. The highest BCUT2D eigenvalue weighted by Crippen LogP contribution is 2.22. The van der Waals surface area contributed by atoms with Gasteiger partial charge in [0.05, 0.1) is 12.1 Å². The van der Waals surface area contributed by atoms with E-state index in [2.05, 4.69) is 22.2 Å². The maximum absolute atomic E-state index is 12.1. The van der Waals surface area contributed by atoms with Crippen molar-refractivity contribution >= 4 is 29.0 Å². The summed E-state index contributed by atoms with van der Waals surface area (Å²) in [6, 6.07) is 4.03. The van der Waals surface area contributed by atoms with Crippen LogP contribution in [0.2, 0.25) is 0 Å². The minimum Gasteiger partial charge on any atom is -0.353 e. The molecule has 0 saturated carbocycles. The van der Waals surface area contributed by atoms with Crippen LogP contribution in [0, 0.1) is 6.92 Å². The molecular formula is C16H21N3OS2. The lowest BCUT2D eigenvalue weighted by atomic mass is 10.1. The number of thiazole rings is 1. The highest BCUT2D eigenvalue weighted by Gasteiger charge is 2.12. The Hall–Kier alpha value is -1.40. The first-order valence-corrected chi connectivity index (χ1v) is 9.22. The van der Waals surface area contributed by atoms with Gasteiger partial charge in [0.15, 0.2) is 0 Å². The topological polar surface area (TPSA) is 54.9 Å². The molecule has 6 heteroatoms. The number of hydrogen-bond donors (Lipinski definition) is 1. The first-order valence-electron chi connectivity index (χ1n) is 7.35. The zero-order valence-corrected chi connectivity index (χ0v) is 14.8. The fourth-order valence-corrected chi connectivity index (χ4v) is 3.86. The highest BCUT2D eigenvalue weighted by atomic mass is 32.2. The third-order valence-corrected chi connectivity index (χ3v) is 5.12. The molecule has 0 unspecified atom stereocenters. The van der Waals surface area contributed by atoms with Gasteiger partial charge in [-0.2, -0.15) is 0 Å². The molecule has 0 aliphatic carbocycles. The monoisotopic (exact) mass is 335 g/mol. The number of carbonyl (C=O) groups excluding carboxylic acids is 1. The quantitative estimate of drug-likeness (QED) is 0.789. The Morgan fingerprint density at radius 3 is 3.05 bits per heavy atom. The summed E-state index contributed by atoms with van der Waals surface area (Å²) in [5.41, 5.74) is 3.04. The molecule has 2 heterocycles. The van der Waals surface area contributed by atoms with E-state index in [-0.39, 0.29) is 11.9 Å². The van der Waals surface area contributed by atoms with E-state index >= 15 is 0 Å². The first kappa shape index (κ1) is 17.0. The van der Waals surface area contributed by atoms with Crippen LogP contribution in [0.25, 0.3) is 0 Å². The molecule has 0 aliphatic heterocycles. The minimum absolute atomic E-state index is 0.0134. The molecule has 4 nitrogen and oxygen atoms in total. The molecular weight excluding hydrogens is 314 g/mol. The number of amides is 1. The number of nitrogens with zero attached hydrogens (tertiary/aromatic N) is 2. The summed E-state index contributed by atoms with van der Waals surface area (Å²) in [6.45, 7) is 6.14. The maximum Gasteiger partial charge on any atom is 0.226 e. The Morgan fingerprint density at radius 2 is 2.32 bits per heavy atom. The van der Waals surface area contributed by atoms with Crippen molar-refractivity contribution < 1.29 is 4.79 Å². The lowest BCUT2D eigenvalue weighted by Crippen LogP contribution is -2.35. The molecule has 0 aromatic carbocycles. The average Bonchev–Trinajstić information content (AvgIpc) is 2.89. The van der Waals surface area contributed by atoms with Crippen LogP contribution in [0.1, 0.15) is 30.8 Å². The molecule has 22 heavy (non-hydrogen) atoms. The number of pyridine rings is 1. The van der Waals surface area contributed by atoms with Crippen LogP contribution in [0.5, 0.6) is 0 Å². The Bertz CT molecular complexity index is 627. The molecule has 118 valence electrons. The van der Waals surface area contributed by atoms with Gasteiger partial charge in [0, 0.05) is 29.7 Å². The van der Waals surface area contributed by atoms with Crippen molar-refractivity contribution in [3.63, 3.8) is 0 Å². The van der Waals surface area contributed by atoms with Gasteiger partial charge in [-0.1, -0.05) is 24.8 Å². The number of rotatable bonds is 7. The largest absolute Gasteiger partial charge is 0.353 e. The average molecular weight is 335 g/mol. The molecule has 1 atom stereocenters. The summed E-state index contributed by atoms with van der Waals surface area (Å²) in [4.78, 5) is 20.9. The number of hydrogen-bond acceptors (Lipinski definition) is 5. The summed E-state index contributed by atoms with van der Waals surface area (Å²) in [6.07, 6.45) is 2.87. The minimum atomic E-state index is 0.0134. The van der Waals surface area contributed by atoms with Crippen molar-refractivity contribution in [1.82, 2.24) is 15.3 Å². The van der Waals surface area contributed by atoms with E-state index in [4.69, 9.17) is 0 Å². The maximum atomic E-state index is 12.1. The van der Waals surface area contributed by atoms with Gasteiger partial charge in [-0.05, 0) is 31.2 Å². The second kappa shape index (κ2) is 8.29. The van der Waals surface area contributed by atoms with Gasteiger partial charge in [-0.15, -0.1) is 11.3 Å². The Balaban J connectivity index is 1.84. The van der Waals surface area contributed by atoms with Gasteiger partial charge in [0.25, 0.3) is 0 Å². The summed E-state index contributed by atoms with van der Waals surface area (Å²) < 4.78 is 1.03. The summed E-state index contributed by atoms with van der Waals surface area (Å²) in [7, 11) is 0. The molecule has 2 aromatic rings. The normalized spacial score (nSPS) is 12.1. The van der Waals surface area contributed by atoms with Crippen molar-refractivity contribution in [1.29, 1.82) is 0 Å². The highest BCUT2D eigenvalue weighted by molar-refractivity contribution is 8.00. The Labute approximate surface area is 139 Å². The summed E-state index contributed by atoms with van der Waals surface area (Å²) in [5.74, 6) is 1.01.